The highest BCUT2D eigenvalue weighted by atomic mass is 16.5. The molecule has 3 heterocycles. The van der Waals surface area contributed by atoms with Gasteiger partial charge in [0.2, 0.25) is 5.91 Å². The number of amides is 2. The molecule has 2 aromatic heterocycles. The molecule has 7 heteroatoms. The fourth-order valence-electron chi connectivity index (χ4n) is 6.99. The van der Waals surface area contributed by atoms with Crippen molar-refractivity contribution < 1.29 is 14.3 Å². The number of nitrogens with zero attached hydrogens (tertiary/aromatic N) is 3. The van der Waals surface area contributed by atoms with Crippen LogP contribution in [0.15, 0.2) is 24.4 Å². The van der Waals surface area contributed by atoms with Gasteiger partial charge in [-0.25, -0.2) is 4.98 Å². The van der Waals surface area contributed by atoms with Crippen LogP contribution in [0.4, 0.5) is 0 Å². The van der Waals surface area contributed by atoms with Crippen LogP contribution in [0.2, 0.25) is 0 Å². The first-order valence-corrected chi connectivity index (χ1v) is 13.5. The van der Waals surface area contributed by atoms with Crippen LogP contribution in [0.25, 0.3) is 5.65 Å². The topological polar surface area (TPSA) is 75.9 Å². The number of imidazole rings is 1. The predicted octanol–water partition coefficient (Wildman–Crippen LogP) is 4.24. The Morgan fingerprint density at radius 3 is 2.94 bits per heavy atom. The Morgan fingerprint density at radius 2 is 2.11 bits per heavy atom. The second kappa shape index (κ2) is 10.3. The number of nitrogens with one attached hydrogen (secondary N) is 1. The molecule has 2 aliphatic carbocycles. The Kier molecular flexibility index (Phi) is 7.14. The molecule has 1 saturated heterocycles. The van der Waals surface area contributed by atoms with E-state index in [0.717, 1.165) is 37.8 Å². The zero-order valence-corrected chi connectivity index (χ0v) is 21.3. The molecule has 2 bridgehead atoms. The zero-order chi connectivity index (χ0) is 24.4. The first kappa shape index (κ1) is 24.3. The molecule has 35 heavy (non-hydrogen) atoms. The molecule has 190 valence electrons. The molecule has 0 radical (unpaired) electrons. The first-order chi connectivity index (χ1) is 17.0. The van der Waals surface area contributed by atoms with E-state index in [0.29, 0.717) is 23.6 Å². The van der Waals surface area contributed by atoms with E-state index in [2.05, 4.69) is 17.2 Å². The number of hydrogen-bond acceptors (Lipinski definition) is 4. The van der Waals surface area contributed by atoms with Crippen molar-refractivity contribution >= 4 is 17.5 Å². The van der Waals surface area contributed by atoms with Gasteiger partial charge in [0.15, 0.2) is 0 Å². The minimum atomic E-state index is -0.0556. The third-order valence-corrected chi connectivity index (χ3v) is 8.80. The van der Waals surface area contributed by atoms with Crippen molar-refractivity contribution in [2.45, 2.75) is 77.2 Å². The van der Waals surface area contributed by atoms with Gasteiger partial charge in [-0.3, -0.25) is 14.0 Å². The fourth-order valence-corrected chi connectivity index (χ4v) is 6.99. The number of ether oxygens (including phenoxy) is 1. The summed E-state index contributed by atoms with van der Waals surface area (Å²) in [5.41, 5.74) is 2.24. The highest BCUT2D eigenvalue weighted by Gasteiger charge is 2.42. The number of carbonyl (C=O) groups excluding carboxylic acids is 2. The smallest absolute Gasteiger partial charge is 0.268 e. The highest BCUT2D eigenvalue weighted by molar-refractivity contribution is 5.93. The molecule has 3 aliphatic rings. The van der Waals surface area contributed by atoms with E-state index in [-0.39, 0.29) is 29.8 Å². The average Bonchev–Trinajstić information content (AvgIpc) is 3.29. The van der Waals surface area contributed by atoms with Crippen LogP contribution in [0.5, 0.6) is 0 Å². The summed E-state index contributed by atoms with van der Waals surface area (Å²) in [6.07, 6.45) is 13.1. The predicted molar refractivity (Wildman–Crippen MR) is 135 cm³/mol. The number of piperidine rings is 1. The SMILES string of the molecule is CCC1CC2CCCC(CNC(=O)c3cccc4nc(CC(=O)N5CCCC(OC)C5)cn34)(C1)C2. The van der Waals surface area contributed by atoms with Gasteiger partial charge in [0.25, 0.3) is 5.91 Å². The Hall–Kier alpha value is -2.41. The Labute approximate surface area is 208 Å². The summed E-state index contributed by atoms with van der Waals surface area (Å²) in [5.74, 6) is 1.63. The Morgan fingerprint density at radius 1 is 1.23 bits per heavy atom. The molecule has 2 saturated carbocycles. The number of carbonyl (C=O) groups is 2. The van der Waals surface area contributed by atoms with Crippen LogP contribution in [0.1, 0.15) is 80.9 Å². The molecule has 0 aromatic carbocycles. The third-order valence-electron chi connectivity index (χ3n) is 8.80. The van der Waals surface area contributed by atoms with E-state index in [9.17, 15) is 9.59 Å². The molecule has 4 atom stereocenters. The minimum Gasteiger partial charge on any atom is -0.380 e. The Bertz CT molecular complexity index is 1070. The number of likely N-dealkylation sites (tertiary alicyclic amines) is 1. The maximum Gasteiger partial charge on any atom is 0.268 e. The lowest BCUT2D eigenvalue weighted by Gasteiger charge is -2.48. The summed E-state index contributed by atoms with van der Waals surface area (Å²) in [6.45, 7) is 4.46. The Balaban J connectivity index is 1.26. The van der Waals surface area contributed by atoms with Gasteiger partial charge in [0.1, 0.15) is 11.3 Å². The van der Waals surface area contributed by atoms with Crippen molar-refractivity contribution in [3.63, 3.8) is 0 Å². The maximum absolute atomic E-state index is 13.3. The summed E-state index contributed by atoms with van der Waals surface area (Å²) in [6, 6.07) is 5.61. The average molecular weight is 481 g/mol. The number of pyridine rings is 1. The number of rotatable bonds is 7. The van der Waals surface area contributed by atoms with Crippen LogP contribution < -0.4 is 5.32 Å². The second-order valence-corrected chi connectivity index (χ2v) is 11.2. The van der Waals surface area contributed by atoms with E-state index in [4.69, 9.17) is 4.74 Å². The van der Waals surface area contributed by atoms with Gasteiger partial charge < -0.3 is 15.0 Å². The molecule has 1 aliphatic heterocycles. The van der Waals surface area contributed by atoms with E-state index in [1.54, 1.807) is 7.11 Å². The van der Waals surface area contributed by atoms with Crippen molar-refractivity contribution in [1.82, 2.24) is 19.6 Å². The van der Waals surface area contributed by atoms with E-state index in [1.165, 1.54) is 44.9 Å². The van der Waals surface area contributed by atoms with Crippen LogP contribution in [0.3, 0.4) is 0 Å². The minimum absolute atomic E-state index is 0.0556. The first-order valence-electron chi connectivity index (χ1n) is 13.5. The fraction of sp³-hybridized carbons (Fsp3) is 0.679. The molecule has 2 amide bonds. The van der Waals surface area contributed by atoms with Gasteiger partial charge in [-0.05, 0) is 67.9 Å². The molecular weight excluding hydrogens is 440 g/mol. The number of hydrogen-bond donors (Lipinski definition) is 1. The quantitative estimate of drug-likeness (QED) is 0.643. The summed E-state index contributed by atoms with van der Waals surface area (Å²) in [4.78, 5) is 32.7. The van der Waals surface area contributed by atoms with Crippen LogP contribution >= 0.6 is 0 Å². The second-order valence-electron chi connectivity index (χ2n) is 11.2. The monoisotopic (exact) mass is 480 g/mol. The zero-order valence-electron chi connectivity index (χ0n) is 21.3. The summed E-state index contributed by atoms with van der Waals surface area (Å²) < 4.78 is 7.29. The lowest BCUT2D eigenvalue weighted by Crippen LogP contribution is -2.45. The van der Waals surface area contributed by atoms with Crippen LogP contribution in [0, 0.1) is 17.3 Å². The number of aromatic nitrogens is 2. The molecule has 3 fully saturated rings. The van der Waals surface area contributed by atoms with Crippen LogP contribution in [-0.4, -0.2) is 58.9 Å². The normalized spacial score (nSPS) is 28.7. The van der Waals surface area contributed by atoms with Gasteiger partial charge in [-0.15, -0.1) is 0 Å². The largest absolute Gasteiger partial charge is 0.380 e. The van der Waals surface area contributed by atoms with Gasteiger partial charge in [0, 0.05) is 32.9 Å². The van der Waals surface area contributed by atoms with E-state index in [1.807, 2.05) is 33.7 Å². The summed E-state index contributed by atoms with van der Waals surface area (Å²) in [5, 5.41) is 3.29. The molecule has 2 aromatic rings. The molecular formula is C28H40N4O3. The standard InChI is InChI=1S/C28H40N4O3/c1-3-20-13-21-7-5-11-28(15-20,16-21)19-29-27(34)24-9-4-10-25-30-22(17-32(24)25)14-26(33)31-12-6-8-23(18-31)35-2/h4,9-10,17,20-21,23H,3,5-8,11-16,18-19H2,1-2H3,(H,29,34). The van der Waals surface area contributed by atoms with Crippen molar-refractivity contribution in [3.8, 4) is 0 Å². The molecule has 0 spiro atoms. The van der Waals surface area contributed by atoms with E-state index < -0.39 is 0 Å². The number of methoxy groups -OCH3 is 1. The summed E-state index contributed by atoms with van der Waals surface area (Å²) >= 11 is 0. The lowest BCUT2D eigenvalue weighted by atomic mass is 9.58. The van der Waals surface area contributed by atoms with Crippen LogP contribution in [-0.2, 0) is 16.0 Å². The maximum atomic E-state index is 13.3. The third kappa shape index (κ3) is 5.25. The van der Waals surface area contributed by atoms with Crippen molar-refractivity contribution in [3.05, 3.63) is 35.8 Å². The number of fused-ring (bicyclic) bond motifs is 3. The highest BCUT2D eigenvalue weighted by Crippen LogP contribution is 2.51. The van der Waals surface area contributed by atoms with Gasteiger partial charge in [-0.2, -0.15) is 0 Å². The molecule has 7 nitrogen and oxygen atoms in total. The van der Waals surface area contributed by atoms with Gasteiger partial charge in [0.05, 0.1) is 18.2 Å². The molecule has 1 N–H and O–H groups in total. The van der Waals surface area contributed by atoms with Gasteiger partial charge >= 0.3 is 0 Å². The molecule has 5 rings (SSSR count). The van der Waals surface area contributed by atoms with Crippen molar-refractivity contribution in [1.29, 1.82) is 0 Å². The molecule has 4 unspecified atom stereocenters. The van der Waals surface area contributed by atoms with Crippen molar-refractivity contribution in [2.75, 3.05) is 26.7 Å². The summed E-state index contributed by atoms with van der Waals surface area (Å²) in [7, 11) is 1.70. The van der Waals surface area contributed by atoms with Gasteiger partial charge in [-0.1, -0.05) is 32.3 Å². The van der Waals surface area contributed by atoms with E-state index >= 15 is 0 Å². The van der Waals surface area contributed by atoms with Crippen molar-refractivity contribution in [2.24, 2.45) is 17.3 Å². The lowest BCUT2D eigenvalue weighted by molar-refractivity contribution is -0.134.